The number of aliphatic hydroxyl groups excluding tert-OH is 1. The van der Waals surface area contributed by atoms with Crippen LogP contribution in [0.3, 0.4) is 0 Å². The standard InChI is InChI=1S/C13H16O2/c14-12-6-8-13(9-7-12)15-10-11-4-2-1-3-5-11/h1-6,8,12-14H,7,9-10H2/t12-,13?/m1/s1. The number of ether oxygens (including phenoxy) is 1. The molecule has 0 fully saturated rings. The molecule has 2 rings (SSSR count). The van der Waals surface area contributed by atoms with Crippen molar-refractivity contribution in [1.29, 1.82) is 0 Å². The smallest absolute Gasteiger partial charge is 0.0762 e. The fourth-order valence-electron chi connectivity index (χ4n) is 1.70. The highest BCUT2D eigenvalue weighted by atomic mass is 16.5. The van der Waals surface area contributed by atoms with E-state index < -0.39 is 0 Å². The van der Waals surface area contributed by atoms with Gasteiger partial charge in [-0.05, 0) is 18.4 Å². The summed E-state index contributed by atoms with van der Waals surface area (Å²) in [5, 5.41) is 9.27. The van der Waals surface area contributed by atoms with E-state index in [4.69, 9.17) is 4.74 Å². The van der Waals surface area contributed by atoms with Crippen molar-refractivity contribution in [3.63, 3.8) is 0 Å². The van der Waals surface area contributed by atoms with Crippen LogP contribution in [0.5, 0.6) is 0 Å². The Morgan fingerprint density at radius 2 is 1.93 bits per heavy atom. The summed E-state index contributed by atoms with van der Waals surface area (Å²) in [5.74, 6) is 0. The fraction of sp³-hybridized carbons (Fsp3) is 0.385. The first-order valence-electron chi connectivity index (χ1n) is 5.36. The van der Waals surface area contributed by atoms with Crippen LogP contribution in [-0.4, -0.2) is 17.3 Å². The number of hydrogen-bond donors (Lipinski definition) is 1. The van der Waals surface area contributed by atoms with Crippen molar-refractivity contribution >= 4 is 0 Å². The van der Waals surface area contributed by atoms with Gasteiger partial charge in [0.25, 0.3) is 0 Å². The molecule has 1 N–H and O–H groups in total. The molecule has 0 heterocycles. The molecule has 0 spiro atoms. The average molecular weight is 204 g/mol. The van der Waals surface area contributed by atoms with Gasteiger partial charge in [0.2, 0.25) is 0 Å². The first-order valence-corrected chi connectivity index (χ1v) is 5.36. The van der Waals surface area contributed by atoms with E-state index in [0.717, 1.165) is 12.8 Å². The molecule has 1 aliphatic carbocycles. The molecule has 0 aromatic heterocycles. The molecular formula is C13H16O2. The molecule has 1 unspecified atom stereocenters. The zero-order chi connectivity index (χ0) is 10.5. The van der Waals surface area contributed by atoms with Gasteiger partial charge in [0, 0.05) is 0 Å². The Bertz CT molecular complexity index is 319. The Morgan fingerprint density at radius 3 is 2.60 bits per heavy atom. The molecule has 2 atom stereocenters. The zero-order valence-corrected chi connectivity index (χ0v) is 8.67. The molecule has 2 nitrogen and oxygen atoms in total. The lowest BCUT2D eigenvalue weighted by molar-refractivity contribution is 0.0496. The number of benzene rings is 1. The Morgan fingerprint density at radius 1 is 1.13 bits per heavy atom. The van der Waals surface area contributed by atoms with Crippen molar-refractivity contribution in [2.45, 2.75) is 31.7 Å². The summed E-state index contributed by atoms with van der Waals surface area (Å²) in [6.07, 6.45) is 5.37. The number of aliphatic hydroxyl groups is 1. The highest BCUT2D eigenvalue weighted by Crippen LogP contribution is 2.15. The quantitative estimate of drug-likeness (QED) is 0.765. The van der Waals surface area contributed by atoms with Crippen molar-refractivity contribution < 1.29 is 9.84 Å². The van der Waals surface area contributed by atoms with Crippen molar-refractivity contribution in [3.05, 3.63) is 48.0 Å². The summed E-state index contributed by atoms with van der Waals surface area (Å²) in [7, 11) is 0. The maximum atomic E-state index is 9.27. The second kappa shape index (κ2) is 5.10. The molecular weight excluding hydrogens is 188 g/mol. The molecule has 15 heavy (non-hydrogen) atoms. The van der Waals surface area contributed by atoms with E-state index in [-0.39, 0.29) is 12.2 Å². The molecule has 0 saturated heterocycles. The SMILES string of the molecule is O[C@@H]1C=CC(OCc2ccccc2)CC1. The lowest BCUT2D eigenvalue weighted by Crippen LogP contribution is -2.18. The Hall–Kier alpha value is -1.12. The molecule has 0 amide bonds. The zero-order valence-electron chi connectivity index (χ0n) is 8.67. The minimum atomic E-state index is -0.276. The first-order chi connectivity index (χ1) is 7.34. The third kappa shape index (κ3) is 3.18. The number of hydrogen-bond acceptors (Lipinski definition) is 2. The van der Waals surface area contributed by atoms with Gasteiger partial charge in [0.15, 0.2) is 0 Å². The van der Waals surface area contributed by atoms with Crippen LogP contribution in [0.4, 0.5) is 0 Å². The Kier molecular flexibility index (Phi) is 3.54. The molecule has 1 aliphatic rings. The maximum absolute atomic E-state index is 9.27. The van der Waals surface area contributed by atoms with E-state index in [1.165, 1.54) is 5.56 Å². The van der Waals surface area contributed by atoms with Crippen LogP contribution in [0.1, 0.15) is 18.4 Å². The summed E-state index contributed by atoms with van der Waals surface area (Å²) in [4.78, 5) is 0. The van der Waals surface area contributed by atoms with Crippen LogP contribution < -0.4 is 0 Å². The predicted molar refractivity (Wildman–Crippen MR) is 59.4 cm³/mol. The van der Waals surface area contributed by atoms with Crippen LogP contribution in [0, 0.1) is 0 Å². The predicted octanol–water partition coefficient (Wildman–Crippen LogP) is 2.28. The van der Waals surface area contributed by atoms with Gasteiger partial charge in [0.1, 0.15) is 0 Å². The van der Waals surface area contributed by atoms with Crippen LogP contribution in [0.25, 0.3) is 0 Å². The molecule has 80 valence electrons. The minimum Gasteiger partial charge on any atom is -0.389 e. The summed E-state index contributed by atoms with van der Waals surface area (Å²) in [6, 6.07) is 10.1. The molecule has 0 aliphatic heterocycles. The summed E-state index contributed by atoms with van der Waals surface area (Å²) < 4.78 is 5.72. The first kappa shape index (κ1) is 10.4. The molecule has 0 radical (unpaired) electrons. The third-order valence-electron chi connectivity index (χ3n) is 2.60. The Labute approximate surface area is 90.2 Å². The highest BCUT2D eigenvalue weighted by Gasteiger charge is 2.13. The van der Waals surface area contributed by atoms with Gasteiger partial charge in [0.05, 0.1) is 18.8 Å². The third-order valence-corrected chi connectivity index (χ3v) is 2.60. The van der Waals surface area contributed by atoms with Gasteiger partial charge in [-0.3, -0.25) is 0 Å². The van der Waals surface area contributed by atoms with E-state index in [2.05, 4.69) is 12.1 Å². The normalized spacial score (nSPS) is 25.4. The summed E-state index contributed by atoms with van der Waals surface area (Å²) in [6.45, 7) is 0.645. The van der Waals surface area contributed by atoms with Gasteiger partial charge in [-0.15, -0.1) is 0 Å². The molecule has 0 bridgehead atoms. The van der Waals surface area contributed by atoms with E-state index in [1.54, 1.807) is 0 Å². The van der Waals surface area contributed by atoms with Gasteiger partial charge < -0.3 is 9.84 Å². The van der Waals surface area contributed by atoms with Crippen molar-refractivity contribution in [2.75, 3.05) is 0 Å². The topological polar surface area (TPSA) is 29.5 Å². The van der Waals surface area contributed by atoms with Crippen molar-refractivity contribution in [2.24, 2.45) is 0 Å². The molecule has 1 aromatic rings. The van der Waals surface area contributed by atoms with Crippen LogP contribution in [0.2, 0.25) is 0 Å². The van der Waals surface area contributed by atoms with E-state index in [0.29, 0.717) is 6.61 Å². The molecule has 0 saturated carbocycles. The monoisotopic (exact) mass is 204 g/mol. The molecule has 2 heteroatoms. The van der Waals surface area contributed by atoms with E-state index in [1.807, 2.05) is 30.4 Å². The summed E-state index contributed by atoms with van der Waals surface area (Å²) >= 11 is 0. The second-order valence-corrected chi connectivity index (χ2v) is 3.86. The Balaban J connectivity index is 1.82. The highest BCUT2D eigenvalue weighted by molar-refractivity contribution is 5.13. The van der Waals surface area contributed by atoms with Crippen molar-refractivity contribution in [1.82, 2.24) is 0 Å². The van der Waals surface area contributed by atoms with E-state index in [9.17, 15) is 5.11 Å². The van der Waals surface area contributed by atoms with Gasteiger partial charge in [-0.2, -0.15) is 0 Å². The second-order valence-electron chi connectivity index (χ2n) is 3.86. The van der Waals surface area contributed by atoms with E-state index >= 15 is 0 Å². The van der Waals surface area contributed by atoms with Gasteiger partial charge >= 0.3 is 0 Å². The fourth-order valence-corrected chi connectivity index (χ4v) is 1.70. The van der Waals surface area contributed by atoms with Crippen molar-refractivity contribution in [3.8, 4) is 0 Å². The molecule has 1 aromatic carbocycles. The van der Waals surface area contributed by atoms with Gasteiger partial charge in [-0.25, -0.2) is 0 Å². The summed E-state index contributed by atoms with van der Waals surface area (Å²) in [5.41, 5.74) is 1.19. The lowest BCUT2D eigenvalue weighted by atomic mass is 10.0. The largest absolute Gasteiger partial charge is 0.389 e. The number of rotatable bonds is 3. The lowest BCUT2D eigenvalue weighted by Gasteiger charge is -2.20. The average Bonchev–Trinajstić information content (AvgIpc) is 2.30. The van der Waals surface area contributed by atoms with Crippen LogP contribution in [-0.2, 0) is 11.3 Å². The van der Waals surface area contributed by atoms with Crippen LogP contribution in [0.15, 0.2) is 42.5 Å². The van der Waals surface area contributed by atoms with Crippen LogP contribution >= 0.6 is 0 Å². The minimum absolute atomic E-state index is 0.161. The van der Waals surface area contributed by atoms with Gasteiger partial charge in [-0.1, -0.05) is 42.5 Å². The maximum Gasteiger partial charge on any atom is 0.0762 e.